The van der Waals surface area contributed by atoms with Gasteiger partial charge in [-0.1, -0.05) is 9.69 Å². The van der Waals surface area contributed by atoms with Crippen molar-refractivity contribution in [2.75, 3.05) is 13.1 Å². The first-order valence-corrected chi connectivity index (χ1v) is 2.29. The summed E-state index contributed by atoms with van der Waals surface area (Å²) in [7, 11) is 0. The van der Waals surface area contributed by atoms with Crippen LogP contribution in [0.3, 0.4) is 0 Å². The summed E-state index contributed by atoms with van der Waals surface area (Å²) >= 11 is 0. The van der Waals surface area contributed by atoms with Crippen LogP contribution in [0.2, 0.25) is 0 Å². The average molecular weight is 94.1 g/mol. The Morgan fingerprint density at radius 3 is 3.14 bits per heavy atom. The molecule has 0 fully saturated rings. The molecule has 2 nitrogen and oxygen atoms in total. The van der Waals surface area contributed by atoms with E-state index in [1.54, 1.807) is 0 Å². The molecule has 0 atom stereocenters. The topological polar surface area (TPSA) is 8.72 Å². The third kappa shape index (κ3) is 1.24. The Morgan fingerprint density at radius 2 is 2.14 bits per heavy atom. The van der Waals surface area contributed by atoms with E-state index in [9.17, 15) is 0 Å². The Hall–Kier alpha value is -1.02. The van der Waals surface area contributed by atoms with Crippen LogP contribution in [0.25, 0.3) is 9.69 Å². The van der Waals surface area contributed by atoms with Crippen LogP contribution in [0.5, 0.6) is 0 Å². The molecule has 0 aromatic rings. The Balaban J connectivity index is 2.55. The quantitative estimate of drug-likeness (QED) is 0.397. The lowest BCUT2D eigenvalue weighted by Gasteiger charge is -1.50. The minimum absolute atomic E-state index is 0.597. The predicted molar refractivity (Wildman–Crippen MR) is 28.8 cm³/mol. The van der Waals surface area contributed by atoms with Crippen LogP contribution >= 0.6 is 0 Å². The maximum absolute atomic E-state index is 3.86. The van der Waals surface area contributed by atoms with Crippen molar-refractivity contribution in [1.82, 2.24) is 0 Å². The molecular formula is C5H6N2+2. The molecule has 0 radical (unpaired) electrons. The van der Waals surface area contributed by atoms with Crippen molar-refractivity contribution >= 4 is 0 Å². The van der Waals surface area contributed by atoms with Gasteiger partial charge < -0.3 is 0 Å². The van der Waals surface area contributed by atoms with E-state index < -0.39 is 0 Å². The third-order valence-corrected chi connectivity index (χ3v) is 0.709. The molecule has 0 spiro atoms. The molecule has 0 aromatic heterocycles. The molecule has 7 heavy (non-hydrogen) atoms. The van der Waals surface area contributed by atoms with Crippen LogP contribution in [0.15, 0.2) is 0 Å². The first-order valence-electron chi connectivity index (χ1n) is 2.29. The van der Waals surface area contributed by atoms with Gasteiger partial charge in [0.25, 0.3) is 12.6 Å². The molecule has 0 saturated heterocycles. The lowest BCUT2D eigenvalue weighted by molar-refractivity contribution is 1.19. The van der Waals surface area contributed by atoms with Crippen molar-refractivity contribution in [2.24, 2.45) is 0 Å². The second-order valence-corrected chi connectivity index (χ2v) is 1.26. The fraction of sp³-hybridized carbons (Fsp3) is 0.600. The van der Waals surface area contributed by atoms with E-state index >= 15 is 0 Å². The molecule has 0 aliphatic carbocycles. The SMILES string of the molecule is C1#[N+]CC#[N+]CC1. The average Bonchev–Trinajstić information content (AvgIpc) is 1.90. The minimum atomic E-state index is 0.597. The number of hydrogen-bond acceptors (Lipinski definition) is 0. The largest absolute Gasteiger partial charge is 0.390 e. The van der Waals surface area contributed by atoms with Crippen LogP contribution in [0.4, 0.5) is 0 Å². The molecule has 0 amide bonds. The monoisotopic (exact) mass is 94.1 g/mol. The maximum atomic E-state index is 3.86. The lowest BCUT2D eigenvalue weighted by atomic mass is 10.5. The second-order valence-electron chi connectivity index (χ2n) is 1.26. The maximum Gasteiger partial charge on any atom is 0.390 e. The molecule has 1 rings (SSSR count). The van der Waals surface area contributed by atoms with Gasteiger partial charge in [-0.2, -0.15) is 0 Å². The van der Waals surface area contributed by atoms with Crippen LogP contribution < -0.4 is 0 Å². The van der Waals surface area contributed by atoms with Gasteiger partial charge in [-0.15, -0.1) is 0 Å². The normalized spacial score (nSPS) is 14.9. The standard InChI is InChI=1S/C5H6N2/c1-2-6-4-5-7-3-1/h1-2,5H2/q+2. The molecule has 0 aromatic carbocycles. The zero-order chi connectivity index (χ0) is 4.95. The highest BCUT2D eigenvalue weighted by Gasteiger charge is 2.00. The van der Waals surface area contributed by atoms with E-state index in [1.165, 1.54) is 0 Å². The molecule has 0 N–H and O–H groups in total. The van der Waals surface area contributed by atoms with Gasteiger partial charge >= 0.3 is 12.6 Å². The fourth-order valence-electron chi connectivity index (χ4n) is 0.405. The van der Waals surface area contributed by atoms with Crippen molar-refractivity contribution in [2.45, 2.75) is 6.42 Å². The highest BCUT2D eigenvalue weighted by atomic mass is 14.7. The summed E-state index contributed by atoms with van der Waals surface area (Å²) in [6.45, 7) is 1.41. The molecule has 34 valence electrons. The summed E-state index contributed by atoms with van der Waals surface area (Å²) in [4.78, 5) is 7.68. The third-order valence-electron chi connectivity index (χ3n) is 0.709. The van der Waals surface area contributed by atoms with E-state index in [-0.39, 0.29) is 0 Å². The van der Waals surface area contributed by atoms with Crippen LogP contribution in [-0.4, -0.2) is 13.1 Å². The van der Waals surface area contributed by atoms with E-state index in [2.05, 4.69) is 21.8 Å². The summed E-state index contributed by atoms with van der Waals surface area (Å²) in [6.07, 6.45) is 0.854. The second kappa shape index (κ2) is 2.21. The van der Waals surface area contributed by atoms with Gasteiger partial charge in [0.2, 0.25) is 0 Å². The van der Waals surface area contributed by atoms with Gasteiger partial charge in [-0.3, -0.25) is 0 Å². The number of nitrogens with zero attached hydrogens (tertiary/aromatic N) is 2. The Morgan fingerprint density at radius 1 is 1.14 bits per heavy atom. The van der Waals surface area contributed by atoms with Crippen LogP contribution in [-0.2, 0) is 0 Å². The zero-order valence-electron chi connectivity index (χ0n) is 4.02. The van der Waals surface area contributed by atoms with E-state index in [1.807, 2.05) is 0 Å². The van der Waals surface area contributed by atoms with E-state index in [4.69, 9.17) is 0 Å². The van der Waals surface area contributed by atoms with E-state index in [0.29, 0.717) is 6.54 Å². The van der Waals surface area contributed by atoms with Crippen molar-refractivity contribution in [1.29, 1.82) is 0 Å². The Kier molecular flexibility index (Phi) is 1.31. The van der Waals surface area contributed by atoms with Crippen molar-refractivity contribution in [3.8, 4) is 12.1 Å². The molecule has 1 aliphatic heterocycles. The lowest BCUT2D eigenvalue weighted by Crippen LogP contribution is -1.66. The first kappa shape index (κ1) is 4.15. The fourth-order valence-corrected chi connectivity index (χ4v) is 0.405. The van der Waals surface area contributed by atoms with Gasteiger partial charge in [-0.25, -0.2) is 0 Å². The number of hydrogen-bond donors (Lipinski definition) is 0. The van der Waals surface area contributed by atoms with Gasteiger partial charge in [0.05, 0.1) is 0 Å². The highest BCUT2D eigenvalue weighted by molar-refractivity contribution is 5.04. The van der Waals surface area contributed by atoms with Crippen molar-refractivity contribution in [3.63, 3.8) is 0 Å². The van der Waals surface area contributed by atoms with Gasteiger partial charge in [0.1, 0.15) is 0 Å². The molecule has 0 unspecified atom stereocenters. The predicted octanol–water partition coefficient (Wildman–Crippen LogP) is 1.06. The summed E-state index contributed by atoms with van der Waals surface area (Å²) in [5.41, 5.74) is 0. The molecule has 1 aliphatic rings. The first-order chi connectivity index (χ1) is 3.50. The highest BCUT2D eigenvalue weighted by Crippen LogP contribution is 1.83. The molecule has 0 bridgehead atoms. The van der Waals surface area contributed by atoms with Crippen LogP contribution in [0, 0.1) is 12.1 Å². The van der Waals surface area contributed by atoms with Crippen molar-refractivity contribution in [3.05, 3.63) is 9.69 Å². The molecule has 1 heterocycles. The Labute approximate surface area is 42.4 Å². The smallest absolute Gasteiger partial charge is 0.0739 e. The Bertz CT molecular complexity index is 142. The van der Waals surface area contributed by atoms with Crippen molar-refractivity contribution < 1.29 is 0 Å². The van der Waals surface area contributed by atoms with Crippen LogP contribution in [0.1, 0.15) is 6.42 Å². The molecular weight excluding hydrogens is 88.1 g/mol. The van der Waals surface area contributed by atoms with Gasteiger partial charge in [0.15, 0.2) is 6.42 Å². The number of rotatable bonds is 0. The van der Waals surface area contributed by atoms with Gasteiger partial charge in [0, 0.05) is 0 Å². The summed E-state index contributed by atoms with van der Waals surface area (Å²) in [5, 5.41) is 0. The summed E-state index contributed by atoms with van der Waals surface area (Å²) in [5.74, 6) is 0. The minimum Gasteiger partial charge on any atom is -0.0739 e. The van der Waals surface area contributed by atoms with Gasteiger partial charge in [-0.05, 0) is 0 Å². The zero-order valence-corrected chi connectivity index (χ0v) is 4.02. The molecule has 2 heteroatoms. The molecule has 0 saturated carbocycles. The van der Waals surface area contributed by atoms with E-state index in [0.717, 1.165) is 13.0 Å². The summed E-state index contributed by atoms with van der Waals surface area (Å²) in [6, 6.07) is 5.56. The summed E-state index contributed by atoms with van der Waals surface area (Å²) < 4.78 is 0.